The van der Waals surface area contributed by atoms with E-state index in [1.807, 2.05) is 6.20 Å². The van der Waals surface area contributed by atoms with Crippen LogP contribution in [-0.2, 0) is 4.79 Å². The molecule has 188 valence electrons. The summed E-state index contributed by atoms with van der Waals surface area (Å²) in [6, 6.07) is 14.0. The Morgan fingerprint density at radius 2 is 1.64 bits per heavy atom. The van der Waals surface area contributed by atoms with Crippen LogP contribution in [0.5, 0.6) is 0 Å². The molecule has 3 aromatic rings. The summed E-state index contributed by atoms with van der Waals surface area (Å²) in [5.41, 5.74) is 2.86. The minimum absolute atomic E-state index is 0.0197. The molecule has 0 saturated heterocycles. The highest BCUT2D eigenvalue weighted by atomic mass is 19.1. The third-order valence-electron chi connectivity index (χ3n) is 8.59. The number of nitrogens with one attached hydrogen (secondary N) is 1. The van der Waals surface area contributed by atoms with Crippen molar-refractivity contribution in [1.82, 2.24) is 9.88 Å². The summed E-state index contributed by atoms with van der Waals surface area (Å²) in [6.07, 6.45) is 6.07. The van der Waals surface area contributed by atoms with E-state index in [2.05, 4.69) is 30.2 Å². The minimum atomic E-state index is -0.496. The zero-order valence-corrected chi connectivity index (χ0v) is 21.4. The van der Waals surface area contributed by atoms with E-state index in [1.165, 1.54) is 16.5 Å². The Labute approximate surface area is 212 Å². The van der Waals surface area contributed by atoms with Gasteiger partial charge in [-0.05, 0) is 103 Å². The molecule has 2 fully saturated rings. The van der Waals surface area contributed by atoms with Crippen LogP contribution in [0.2, 0.25) is 0 Å². The van der Waals surface area contributed by atoms with Gasteiger partial charge in [0, 0.05) is 42.3 Å². The lowest BCUT2D eigenvalue weighted by Crippen LogP contribution is -2.37. The highest BCUT2D eigenvalue weighted by Gasteiger charge is 2.49. The molecule has 0 bridgehead atoms. The number of fused-ring (bicyclic) bond motifs is 2. The van der Waals surface area contributed by atoms with Gasteiger partial charge in [-0.15, -0.1) is 0 Å². The van der Waals surface area contributed by atoms with Gasteiger partial charge in [0.15, 0.2) is 0 Å². The number of rotatable bonds is 5. The lowest BCUT2D eigenvalue weighted by molar-refractivity contribution is -0.126. The average molecular weight is 488 g/mol. The van der Waals surface area contributed by atoms with E-state index in [4.69, 9.17) is 0 Å². The number of amides is 2. The van der Waals surface area contributed by atoms with Gasteiger partial charge in [-0.3, -0.25) is 14.6 Å². The number of carbonyl (C=O) groups is 2. The van der Waals surface area contributed by atoms with Crippen molar-refractivity contribution in [1.29, 1.82) is 0 Å². The second-order valence-electron chi connectivity index (χ2n) is 11.4. The van der Waals surface area contributed by atoms with E-state index in [0.29, 0.717) is 34.9 Å². The van der Waals surface area contributed by atoms with E-state index in [0.717, 1.165) is 36.6 Å². The fraction of sp³-hybridized carbons (Fsp3) is 0.433. The van der Waals surface area contributed by atoms with Crippen molar-refractivity contribution < 1.29 is 14.0 Å². The number of hydrogen-bond donors (Lipinski definition) is 1. The number of nitrogens with zero attached hydrogens (tertiary/aromatic N) is 2. The van der Waals surface area contributed by atoms with Crippen LogP contribution in [0.15, 0.2) is 54.7 Å². The Bertz CT molecular complexity index is 1290. The topological polar surface area (TPSA) is 62.3 Å². The molecule has 6 heteroatoms. The maximum absolute atomic E-state index is 14.0. The van der Waals surface area contributed by atoms with Crippen molar-refractivity contribution in [2.45, 2.75) is 45.4 Å². The number of anilines is 1. The van der Waals surface area contributed by atoms with Crippen LogP contribution in [0.4, 0.5) is 10.1 Å². The second kappa shape index (κ2) is 9.30. The third-order valence-corrected chi connectivity index (χ3v) is 8.59. The van der Waals surface area contributed by atoms with Gasteiger partial charge in [0.1, 0.15) is 5.82 Å². The highest BCUT2D eigenvalue weighted by molar-refractivity contribution is 5.97. The first kappa shape index (κ1) is 24.4. The number of hydrogen-bond acceptors (Lipinski definition) is 3. The SMILES string of the molecule is CN(C)C(=O)c1ccc(NC(=O)C(C)(C)C2C[C@H]3CC(c4ccnc5ccc(F)cc45)C[C@H]3C2)cc1. The van der Waals surface area contributed by atoms with Crippen molar-refractivity contribution >= 4 is 28.4 Å². The van der Waals surface area contributed by atoms with Crippen molar-refractivity contribution in [3.05, 3.63) is 71.7 Å². The zero-order valence-electron chi connectivity index (χ0n) is 21.4. The number of halogens is 1. The summed E-state index contributed by atoms with van der Waals surface area (Å²) in [6.45, 7) is 4.10. The molecule has 0 spiro atoms. The summed E-state index contributed by atoms with van der Waals surface area (Å²) < 4.78 is 14.0. The molecule has 1 N–H and O–H groups in total. The zero-order chi connectivity index (χ0) is 25.6. The number of pyridine rings is 1. The number of benzene rings is 2. The van der Waals surface area contributed by atoms with E-state index < -0.39 is 5.41 Å². The van der Waals surface area contributed by atoms with Gasteiger partial charge in [0.2, 0.25) is 5.91 Å². The molecule has 5 nitrogen and oxygen atoms in total. The van der Waals surface area contributed by atoms with Crippen LogP contribution >= 0.6 is 0 Å². The fourth-order valence-electron chi connectivity index (χ4n) is 6.39. The fourth-order valence-corrected chi connectivity index (χ4v) is 6.39. The maximum atomic E-state index is 14.0. The molecule has 2 unspecified atom stereocenters. The maximum Gasteiger partial charge on any atom is 0.253 e. The smallest absolute Gasteiger partial charge is 0.253 e. The molecule has 1 aromatic heterocycles. The largest absolute Gasteiger partial charge is 0.345 e. The first-order valence-electron chi connectivity index (χ1n) is 12.8. The van der Waals surface area contributed by atoms with E-state index >= 15 is 0 Å². The van der Waals surface area contributed by atoms with Crippen molar-refractivity contribution in [2.24, 2.45) is 23.2 Å². The minimum Gasteiger partial charge on any atom is -0.345 e. The summed E-state index contributed by atoms with van der Waals surface area (Å²) in [5, 5.41) is 4.00. The standard InChI is InChI=1S/C30H34FN3O2/c1-30(2,29(36)33-24-8-5-18(6-9-24)28(35)34(3)4)22-15-19-13-21(14-20(19)16-22)25-11-12-32-27-10-7-23(31)17-26(25)27/h5-12,17,19-22H,13-16H2,1-4H3,(H,33,36)/t19-,20+,21?,22?. The highest BCUT2D eigenvalue weighted by Crippen LogP contribution is 2.56. The molecule has 2 aromatic carbocycles. The molecule has 4 atom stereocenters. The van der Waals surface area contributed by atoms with Gasteiger partial charge >= 0.3 is 0 Å². The van der Waals surface area contributed by atoms with Gasteiger partial charge in [-0.1, -0.05) is 13.8 Å². The molecular weight excluding hydrogens is 453 g/mol. The molecule has 5 rings (SSSR count). The summed E-state index contributed by atoms with van der Waals surface area (Å²) >= 11 is 0. The molecular formula is C30H34FN3O2. The van der Waals surface area contributed by atoms with E-state index in [-0.39, 0.29) is 17.6 Å². The predicted octanol–water partition coefficient (Wildman–Crippen LogP) is 6.26. The summed E-state index contributed by atoms with van der Waals surface area (Å²) in [4.78, 5) is 31.4. The van der Waals surface area contributed by atoms with Crippen LogP contribution in [0.3, 0.4) is 0 Å². The first-order chi connectivity index (χ1) is 17.1. The predicted molar refractivity (Wildman–Crippen MR) is 140 cm³/mol. The molecule has 0 radical (unpaired) electrons. The molecule has 2 saturated carbocycles. The second-order valence-corrected chi connectivity index (χ2v) is 11.4. The summed E-state index contributed by atoms with van der Waals surface area (Å²) in [7, 11) is 3.44. The molecule has 36 heavy (non-hydrogen) atoms. The van der Waals surface area contributed by atoms with Crippen molar-refractivity contribution in [3.63, 3.8) is 0 Å². The Balaban J connectivity index is 1.24. The van der Waals surface area contributed by atoms with Crippen LogP contribution in [0, 0.1) is 29.0 Å². The van der Waals surface area contributed by atoms with E-state index in [1.54, 1.807) is 50.5 Å². The quantitative estimate of drug-likeness (QED) is 0.462. The van der Waals surface area contributed by atoms with Gasteiger partial charge < -0.3 is 10.2 Å². The van der Waals surface area contributed by atoms with Gasteiger partial charge in [0.05, 0.1) is 5.52 Å². The third kappa shape index (κ3) is 4.49. The van der Waals surface area contributed by atoms with Gasteiger partial charge in [-0.2, -0.15) is 0 Å². The summed E-state index contributed by atoms with van der Waals surface area (Å²) in [5.74, 6) is 1.63. The average Bonchev–Trinajstić information content (AvgIpc) is 3.43. The molecule has 1 heterocycles. The van der Waals surface area contributed by atoms with Gasteiger partial charge in [-0.25, -0.2) is 4.39 Å². The van der Waals surface area contributed by atoms with Crippen LogP contribution in [0.25, 0.3) is 10.9 Å². The first-order valence-corrected chi connectivity index (χ1v) is 12.8. The van der Waals surface area contributed by atoms with Crippen molar-refractivity contribution in [2.75, 3.05) is 19.4 Å². The Kier molecular flexibility index (Phi) is 6.31. The monoisotopic (exact) mass is 487 g/mol. The molecule has 2 aliphatic rings. The molecule has 2 aliphatic carbocycles. The lowest BCUT2D eigenvalue weighted by Gasteiger charge is -2.31. The van der Waals surface area contributed by atoms with Crippen molar-refractivity contribution in [3.8, 4) is 0 Å². The Hall–Kier alpha value is -3.28. The number of carbonyl (C=O) groups excluding carboxylic acids is 2. The lowest BCUT2D eigenvalue weighted by atomic mass is 9.75. The Morgan fingerprint density at radius 1 is 0.972 bits per heavy atom. The van der Waals surface area contributed by atoms with Crippen LogP contribution < -0.4 is 5.32 Å². The normalized spacial score (nSPS) is 23.5. The molecule has 0 aliphatic heterocycles. The molecule has 2 amide bonds. The van der Waals surface area contributed by atoms with E-state index in [9.17, 15) is 14.0 Å². The number of aromatic nitrogens is 1. The van der Waals surface area contributed by atoms with Crippen LogP contribution in [0.1, 0.15) is 61.4 Å². The van der Waals surface area contributed by atoms with Gasteiger partial charge in [0.25, 0.3) is 5.91 Å². The van der Waals surface area contributed by atoms with Crippen LogP contribution in [-0.4, -0.2) is 35.8 Å². The Morgan fingerprint density at radius 3 is 2.28 bits per heavy atom.